The number of carbonyl (C=O) groups excluding carboxylic acids is 1. The number of hydrogen-bond acceptors (Lipinski definition) is 3. The first-order chi connectivity index (χ1) is 10.7. The zero-order valence-corrected chi connectivity index (χ0v) is 13.5. The van der Waals surface area contributed by atoms with Gasteiger partial charge < -0.3 is 9.47 Å². The van der Waals surface area contributed by atoms with Gasteiger partial charge in [0.1, 0.15) is 5.82 Å². The van der Waals surface area contributed by atoms with Gasteiger partial charge in [0.25, 0.3) is 0 Å². The van der Waals surface area contributed by atoms with Crippen LogP contribution in [-0.4, -0.2) is 51.4 Å². The number of hydrogen-bond donors (Lipinski definition) is 0. The summed E-state index contributed by atoms with van der Waals surface area (Å²) < 4.78 is 2.08. The van der Waals surface area contributed by atoms with E-state index in [1.807, 2.05) is 19.4 Å². The third kappa shape index (κ3) is 2.56. The molecule has 2 aliphatic heterocycles. The van der Waals surface area contributed by atoms with Gasteiger partial charge in [0.05, 0.1) is 12.0 Å². The van der Waals surface area contributed by atoms with Gasteiger partial charge in [-0.05, 0) is 44.6 Å². The van der Waals surface area contributed by atoms with Crippen LogP contribution in [0.3, 0.4) is 0 Å². The van der Waals surface area contributed by atoms with Gasteiger partial charge in [0, 0.05) is 39.1 Å². The summed E-state index contributed by atoms with van der Waals surface area (Å²) in [6.45, 7) is 4.80. The number of aryl methyl sites for hydroxylation is 1. The molecule has 3 aliphatic rings. The molecule has 1 atom stereocenters. The molecule has 0 aromatic carbocycles. The molecule has 1 aromatic heterocycles. The number of likely N-dealkylation sites (tertiary alicyclic amines) is 2. The molecule has 0 bridgehead atoms. The van der Waals surface area contributed by atoms with Crippen molar-refractivity contribution in [1.29, 1.82) is 0 Å². The fourth-order valence-electron chi connectivity index (χ4n) is 4.16. The third-order valence-corrected chi connectivity index (χ3v) is 5.72. The van der Waals surface area contributed by atoms with Crippen molar-refractivity contribution in [3.05, 3.63) is 18.2 Å². The number of imidazole rings is 1. The van der Waals surface area contributed by atoms with Gasteiger partial charge in [-0.3, -0.25) is 9.69 Å². The smallest absolute Gasteiger partial charge is 0.230 e. The van der Waals surface area contributed by atoms with E-state index in [-0.39, 0.29) is 5.41 Å². The molecule has 0 radical (unpaired) electrons. The predicted molar refractivity (Wildman–Crippen MR) is 84.1 cm³/mol. The number of rotatable bonds is 4. The Bertz CT molecular complexity index is 565. The van der Waals surface area contributed by atoms with Crippen molar-refractivity contribution in [1.82, 2.24) is 19.4 Å². The van der Waals surface area contributed by atoms with Crippen LogP contribution in [0.15, 0.2) is 12.4 Å². The Labute approximate surface area is 132 Å². The minimum atomic E-state index is -0.0989. The van der Waals surface area contributed by atoms with E-state index in [0.717, 1.165) is 57.3 Å². The largest absolute Gasteiger partial charge is 0.342 e. The minimum Gasteiger partial charge on any atom is -0.342 e. The first kappa shape index (κ1) is 14.2. The van der Waals surface area contributed by atoms with Gasteiger partial charge in [-0.2, -0.15) is 0 Å². The van der Waals surface area contributed by atoms with Crippen LogP contribution in [0.25, 0.3) is 0 Å². The topological polar surface area (TPSA) is 41.4 Å². The molecule has 1 aliphatic carbocycles. The number of aromatic nitrogens is 2. The van der Waals surface area contributed by atoms with E-state index in [1.54, 1.807) is 0 Å². The molecule has 0 N–H and O–H groups in total. The second-order valence-electron chi connectivity index (χ2n) is 7.49. The summed E-state index contributed by atoms with van der Waals surface area (Å²) in [6, 6.07) is 0. The van der Waals surface area contributed by atoms with E-state index < -0.39 is 0 Å². The van der Waals surface area contributed by atoms with Crippen LogP contribution in [-0.2, 0) is 18.4 Å². The Morgan fingerprint density at radius 1 is 1.32 bits per heavy atom. The van der Waals surface area contributed by atoms with E-state index in [9.17, 15) is 4.79 Å². The molecule has 1 amide bonds. The zero-order chi connectivity index (χ0) is 15.2. The zero-order valence-electron chi connectivity index (χ0n) is 13.5. The Balaban J connectivity index is 1.43. The van der Waals surface area contributed by atoms with E-state index in [2.05, 4.69) is 19.4 Å². The van der Waals surface area contributed by atoms with Gasteiger partial charge in [0.2, 0.25) is 5.91 Å². The van der Waals surface area contributed by atoms with Crippen LogP contribution in [0.2, 0.25) is 0 Å². The van der Waals surface area contributed by atoms with Gasteiger partial charge in [-0.15, -0.1) is 0 Å². The van der Waals surface area contributed by atoms with Crippen molar-refractivity contribution in [2.45, 2.75) is 38.6 Å². The fourth-order valence-corrected chi connectivity index (χ4v) is 4.16. The first-order valence-corrected chi connectivity index (χ1v) is 8.64. The molecule has 5 heteroatoms. The number of piperidine rings is 1. The van der Waals surface area contributed by atoms with E-state index in [4.69, 9.17) is 0 Å². The predicted octanol–water partition coefficient (Wildman–Crippen LogP) is 1.64. The van der Waals surface area contributed by atoms with Crippen LogP contribution < -0.4 is 0 Å². The van der Waals surface area contributed by atoms with Crippen LogP contribution in [0.5, 0.6) is 0 Å². The van der Waals surface area contributed by atoms with Crippen LogP contribution in [0, 0.1) is 11.3 Å². The summed E-state index contributed by atoms with van der Waals surface area (Å²) in [5, 5.41) is 0. The molecular weight excluding hydrogens is 276 g/mol. The Morgan fingerprint density at radius 2 is 2.18 bits per heavy atom. The number of carbonyl (C=O) groups is 1. The molecule has 22 heavy (non-hydrogen) atoms. The molecule has 1 saturated carbocycles. The normalized spacial score (nSPS) is 29.7. The molecule has 120 valence electrons. The first-order valence-electron chi connectivity index (χ1n) is 8.64. The molecule has 5 nitrogen and oxygen atoms in total. The summed E-state index contributed by atoms with van der Waals surface area (Å²) in [5.74, 6) is 2.33. The molecule has 4 rings (SSSR count). The lowest BCUT2D eigenvalue weighted by atomic mass is 9.78. The lowest BCUT2D eigenvalue weighted by molar-refractivity contribution is -0.145. The molecule has 3 heterocycles. The summed E-state index contributed by atoms with van der Waals surface area (Å²) in [6.07, 6.45) is 9.76. The number of nitrogens with zero attached hydrogens (tertiary/aromatic N) is 4. The summed E-state index contributed by atoms with van der Waals surface area (Å²) in [5.41, 5.74) is -0.0989. The lowest BCUT2D eigenvalue weighted by Gasteiger charge is -2.39. The van der Waals surface area contributed by atoms with Crippen LogP contribution in [0.4, 0.5) is 0 Å². The molecule has 1 spiro atoms. The standard InChI is InChI=1S/C17H26N4O/c1-19-10-7-18-15(19)12-20-9-6-17(13-20)5-2-8-21(16(17)22)11-14-3-4-14/h7,10,14H,2-6,8-9,11-13H2,1H3/t17-/m0/s1. The molecular formula is C17H26N4O. The average molecular weight is 302 g/mol. The maximum atomic E-state index is 13.0. The van der Waals surface area contributed by atoms with Crippen LogP contribution >= 0.6 is 0 Å². The maximum Gasteiger partial charge on any atom is 0.230 e. The monoisotopic (exact) mass is 302 g/mol. The van der Waals surface area contributed by atoms with E-state index in [1.165, 1.54) is 19.3 Å². The van der Waals surface area contributed by atoms with Gasteiger partial charge >= 0.3 is 0 Å². The van der Waals surface area contributed by atoms with E-state index in [0.29, 0.717) is 5.91 Å². The molecule has 3 fully saturated rings. The van der Waals surface area contributed by atoms with Crippen molar-refractivity contribution in [2.24, 2.45) is 18.4 Å². The second-order valence-corrected chi connectivity index (χ2v) is 7.49. The van der Waals surface area contributed by atoms with Crippen molar-refractivity contribution < 1.29 is 4.79 Å². The summed E-state index contributed by atoms with van der Waals surface area (Å²) in [7, 11) is 2.04. The molecule has 0 unspecified atom stereocenters. The summed E-state index contributed by atoms with van der Waals surface area (Å²) in [4.78, 5) is 22.0. The van der Waals surface area contributed by atoms with Crippen molar-refractivity contribution in [2.75, 3.05) is 26.2 Å². The van der Waals surface area contributed by atoms with Crippen molar-refractivity contribution in [3.63, 3.8) is 0 Å². The molecule has 1 aromatic rings. The van der Waals surface area contributed by atoms with Crippen molar-refractivity contribution >= 4 is 5.91 Å². The van der Waals surface area contributed by atoms with Gasteiger partial charge in [0.15, 0.2) is 0 Å². The SMILES string of the molecule is Cn1ccnc1CN1CC[C@@]2(CCCN(CC3CC3)C2=O)C1. The second kappa shape index (κ2) is 5.37. The Hall–Kier alpha value is -1.36. The highest BCUT2D eigenvalue weighted by molar-refractivity contribution is 5.84. The van der Waals surface area contributed by atoms with Gasteiger partial charge in [-0.25, -0.2) is 4.98 Å². The van der Waals surface area contributed by atoms with Crippen LogP contribution in [0.1, 0.15) is 37.9 Å². The minimum absolute atomic E-state index is 0.0989. The lowest BCUT2D eigenvalue weighted by Crippen LogP contribution is -2.50. The number of amides is 1. The Morgan fingerprint density at radius 3 is 2.91 bits per heavy atom. The highest BCUT2D eigenvalue weighted by Crippen LogP contribution is 2.41. The molecule has 2 saturated heterocycles. The average Bonchev–Trinajstić information content (AvgIpc) is 3.10. The fraction of sp³-hybridized carbons (Fsp3) is 0.765. The summed E-state index contributed by atoms with van der Waals surface area (Å²) >= 11 is 0. The highest BCUT2D eigenvalue weighted by Gasteiger charge is 2.48. The Kier molecular flexibility index (Phi) is 3.48. The van der Waals surface area contributed by atoms with Gasteiger partial charge in [-0.1, -0.05) is 0 Å². The van der Waals surface area contributed by atoms with E-state index >= 15 is 0 Å². The van der Waals surface area contributed by atoms with Crippen molar-refractivity contribution in [3.8, 4) is 0 Å². The third-order valence-electron chi connectivity index (χ3n) is 5.72. The highest BCUT2D eigenvalue weighted by atomic mass is 16.2. The maximum absolute atomic E-state index is 13.0. The quantitative estimate of drug-likeness (QED) is 0.849.